The van der Waals surface area contributed by atoms with Crippen molar-refractivity contribution in [1.82, 2.24) is 15.4 Å². The van der Waals surface area contributed by atoms with Crippen LogP contribution >= 0.6 is 0 Å². The second kappa shape index (κ2) is 7.75. The van der Waals surface area contributed by atoms with E-state index >= 15 is 0 Å². The zero-order valence-corrected chi connectivity index (χ0v) is 16.0. The van der Waals surface area contributed by atoms with Gasteiger partial charge in [-0.1, -0.05) is 29.4 Å². The van der Waals surface area contributed by atoms with Crippen molar-refractivity contribution in [2.45, 2.75) is 44.3 Å². The van der Waals surface area contributed by atoms with E-state index in [1.54, 1.807) is 11.0 Å². The summed E-state index contributed by atoms with van der Waals surface area (Å²) in [6.07, 6.45) is 3.73. The highest BCUT2D eigenvalue weighted by Gasteiger charge is 2.44. The molecule has 2 amide bonds. The Hall–Kier alpha value is -2.67. The molecule has 4 rings (SSSR count). The molecular weight excluding hydrogens is 358 g/mol. The number of piperidine rings is 1. The van der Waals surface area contributed by atoms with E-state index in [1.807, 2.05) is 19.1 Å². The molecule has 0 aliphatic carbocycles. The first kappa shape index (κ1) is 18.7. The van der Waals surface area contributed by atoms with Gasteiger partial charge in [0.2, 0.25) is 5.91 Å². The van der Waals surface area contributed by atoms with Crippen molar-refractivity contribution in [3.63, 3.8) is 0 Å². The van der Waals surface area contributed by atoms with Crippen LogP contribution in [-0.2, 0) is 21.6 Å². The number of hydrogen-bond donors (Lipinski definition) is 1. The van der Waals surface area contributed by atoms with Crippen molar-refractivity contribution in [1.29, 1.82) is 0 Å². The third-order valence-electron chi connectivity index (χ3n) is 5.65. The molecule has 0 bridgehead atoms. The largest absolute Gasteiger partial charge is 0.366 e. The Balaban J connectivity index is 1.52. The zero-order valence-electron chi connectivity index (χ0n) is 16.0. The zero-order chi connectivity index (χ0) is 19.6. The first-order valence-electron chi connectivity index (χ1n) is 9.84. The number of carbonyl (C=O) groups excluding carboxylic acids is 2. The van der Waals surface area contributed by atoms with E-state index in [2.05, 4.69) is 22.6 Å². The monoisotopic (exact) mass is 383 g/mol. The number of rotatable bonds is 4. The van der Waals surface area contributed by atoms with Gasteiger partial charge in [0, 0.05) is 25.7 Å². The fraction of sp³-hybridized carbons (Fsp3) is 0.476. The lowest BCUT2D eigenvalue weighted by Gasteiger charge is -2.47. The third kappa shape index (κ3) is 3.54. The van der Waals surface area contributed by atoms with Crippen LogP contribution in [0.25, 0.3) is 0 Å². The van der Waals surface area contributed by atoms with Crippen LogP contribution in [-0.4, -0.2) is 47.6 Å². The Bertz CT molecular complexity index is 841. The molecule has 3 heterocycles. The van der Waals surface area contributed by atoms with E-state index in [-0.39, 0.29) is 17.9 Å². The summed E-state index contributed by atoms with van der Waals surface area (Å²) in [5.74, 6) is -0.104. The molecule has 28 heavy (non-hydrogen) atoms. The Labute approximate surface area is 164 Å². The van der Waals surface area contributed by atoms with Crippen LogP contribution in [0.2, 0.25) is 0 Å². The van der Waals surface area contributed by atoms with Gasteiger partial charge >= 0.3 is 0 Å². The van der Waals surface area contributed by atoms with Crippen molar-refractivity contribution >= 4 is 11.8 Å². The molecule has 7 heteroatoms. The molecule has 0 radical (unpaired) electrons. The summed E-state index contributed by atoms with van der Waals surface area (Å²) < 4.78 is 11.3. The van der Waals surface area contributed by atoms with E-state index < -0.39 is 5.60 Å². The first-order chi connectivity index (χ1) is 13.6. The molecule has 2 aliphatic rings. The Kier molecular flexibility index (Phi) is 5.17. The van der Waals surface area contributed by atoms with Gasteiger partial charge in [0.1, 0.15) is 6.26 Å². The molecule has 1 unspecified atom stereocenters. The van der Waals surface area contributed by atoms with Gasteiger partial charge in [-0.15, -0.1) is 0 Å². The minimum Gasteiger partial charge on any atom is -0.366 e. The van der Waals surface area contributed by atoms with Crippen molar-refractivity contribution in [3.05, 3.63) is 53.4 Å². The summed E-state index contributed by atoms with van der Waals surface area (Å²) in [5.41, 5.74) is 2.30. The van der Waals surface area contributed by atoms with E-state index in [0.717, 1.165) is 6.42 Å². The quantitative estimate of drug-likeness (QED) is 0.876. The van der Waals surface area contributed by atoms with E-state index in [1.165, 1.54) is 17.4 Å². The number of carbonyl (C=O) groups is 2. The topological polar surface area (TPSA) is 84.7 Å². The summed E-state index contributed by atoms with van der Waals surface area (Å²) in [4.78, 5) is 26.5. The number of hydrogen-bond acceptors (Lipinski definition) is 5. The fourth-order valence-corrected chi connectivity index (χ4v) is 4.35. The van der Waals surface area contributed by atoms with Crippen molar-refractivity contribution in [2.24, 2.45) is 0 Å². The van der Waals surface area contributed by atoms with Gasteiger partial charge in [0.05, 0.1) is 18.1 Å². The highest BCUT2D eigenvalue weighted by Crippen LogP contribution is 2.44. The van der Waals surface area contributed by atoms with E-state index in [9.17, 15) is 9.59 Å². The van der Waals surface area contributed by atoms with E-state index in [0.29, 0.717) is 44.6 Å². The Morgan fingerprint density at radius 2 is 2.04 bits per heavy atom. The predicted molar refractivity (Wildman–Crippen MR) is 102 cm³/mol. The number of likely N-dealkylation sites (tertiary alicyclic amines) is 1. The number of nitrogens with zero attached hydrogens (tertiary/aromatic N) is 2. The number of ether oxygens (including phenoxy) is 1. The molecule has 1 aromatic heterocycles. The number of nitrogens with one attached hydrogen (secondary N) is 1. The summed E-state index contributed by atoms with van der Waals surface area (Å²) in [7, 11) is 0. The molecule has 1 spiro atoms. The maximum Gasteiger partial charge on any atom is 0.276 e. The number of amides is 2. The van der Waals surface area contributed by atoms with Gasteiger partial charge in [-0.05, 0) is 37.3 Å². The summed E-state index contributed by atoms with van der Waals surface area (Å²) >= 11 is 0. The van der Waals surface area contributed by atoms with Crippen LogP contribution in [0.1, 0.15) is 47.8 Å². The van der Waals surface area contributed by atoms with Crippen molar-refractivity contribution in [3.8, 4) is 0 Å². The molecule has 0 saturated carbocycles. The Morgan fingerprint density at radius 1 is 1.25 bits per heavy atom. The molecule has 7 nitrogen and oxygen atoms in total. The minimum absolute atomic E-state index is 0.0145. The predicted octanol–water partition coefficient (Wildman–Crippen LogP) is 2.27. The smallest absolute Gasteiger partial charge is 0.276 e. The fourth-order valence-electron chi connectivity index (χ4n) is 4.35. The maximum absolute atomic E-state index is 12.6. The molecule has 2 aliphatic heterocycles. The molecule has 1 fully saturated rings. The van der Waals surface area contributed by atoms with Gasteiger partial charge in [-0.25, -0.2) is 0 Å². The standard InChI is InChI=1S/C21H25N3O4/c1-2-22-19(25)14-16-13-15-5-3-4-6-17(15)21(28-16)8-10-24(11-9-21)20(26)18-7-12-27-23-18/h3-7,12,16H,2,8-11,13-14H2,1H3,(H,22,25). The summed E-state index contributed by atoms with van der Waals surface area (Å²) in [6, 6.07) is 9.89. The van der Waals surface area contributed by atoms with Crippen LogP contribution in [0.3, 0.4) is 0 Å². The van der Waals surface area contributed by atoms with Crippen LogP contribution in [0.5, 0.6) is 0 Å². The van der Waals surface area contributed by atoms with Crippen LogP contribution < -0.4 is 5.32 Å². The average molecular weight is 383 g/mol. The lowest BCUT2D eigenvalue weighted by molar-refractivity contribution is -0.147. The third-order valence-corrected chi connectivity index (χ3v) is 5.65. The molecule has 1 saturated heterocycles. The van der Waals surface area contributed by atoms with Gasteiger partial charge in [0.25, 0.3) is 5.91 Å². The minimum atomic E-state index is -0.452. The highest BCUT2D eigenvalue weighted by molar-refractivity contribution is 5.92. The van der Waals surface area contributed by atoms with Crippen LogP contribution in [0.15, 0.2) is 41.1 Å². The van der Waals surface area contributed by atoms with Crippen LogP contribution in [0, 0.1) is 0 Å². The van der Waals surface area contributed by atoms with Gasteiger partial charge in [-0.2, -0.15) is 0 Å². The summed E-state index contributed by atoms with van der Waals surface area (Å²) in [6.45, 7) is 3.69. The highest BCUT2D eigenvalue weighted by atomic mass is 16.5. The molecule has 1 atom stereocenters. The first-order valence-corrected chi connectivity index (χ1v) is 9.84. The lowest BCUT2D eigenvalue weighted by atomic mass is 9.77. The maximum atomic E-state index is 12.6. The van der Waals surface area contributed by atoms with Gasteiger partial charge in [-0.3, -0.25) is 9.59 Å². The normalized spacial score (nSPS) is 20.6. The van der Waals surface area contributed by atoms with E-state index in [4.69, 9.17) is 9.26 Å². The molecule has 1 N–H and O–H groups in total. The number of benzene rings is 1. The van der Waals surface area contributed by atoms with Crippen molar-refractivity contribution < 1.29 is 18.8 Å². The Morgan fingerprint density at radius 3 is 2.75 bits per heavy atom. The molecule has 2 aromatic rings. The summed E-state index contributed by atoms with van der Waals surface area (Å²) in [5, 5.41) is 6.61. The van der Waals surface area contributed by atoms with Crippen LogP contribution in [0.4, 0.5) is 0 Å². The molecule has 148 valence electrons. The number of aromatic nitrogens is 1. The average Bonchev–Trinajstić information content (AvgIpc) is 3.23. The van der Waals surface area contributed by atoms with Gasteiger partial charge < -0.3 is 19.5 Å². The second-order valence-corrected chi connectivity index (χ2v) is 7.43. The van der Waals surface area contributed by atoms with Crippen molar-refractivity contribution in [2.75, 3.05) is 19.6 Å². The number of fused-ring (bicyclic) bond motifs is 2. The lowest BCUT2D eigenvalue weighted by Crippen LogP contribution is -2.50. The molecular formula is C21H25N3O4. The second-order valence-electron chi connectivity index (χ2n) is 7.43. The van der Waals surface area contributed by atoms with Gasteiger partial charge in [0.15, 0.2) is 5.69 Å². The SMILES string of the molecule is CCNC(=O)CC1Cc2ccccc2C2(CCN(C(=O)c3ccon3)CC2)O1. The molecule has 1 aromatic carbocycles.